The van der Waals surface area contributed by atoms with Gasteiger partial charge in [0, 0.05) is 12.4 Å². The maximum absolute atomic E-state index is 11.6. The predicted octanol–water partition coefficient (Wildman–Crippen LogP) is 0.185. The molecule has 0 radical (unpaired) electrons. The minimum absolute atomic E-state index is 0.0172. The summed E-state index contributed by atoms with van der Waals surface area (Å²) in [7, 11) is -0.421. The van der Waals surface area contributed by atoms with Crippen molar-refractivity contribution in [3.63, 3.8) is 0 Å². The van der Waals surface area contributed by atoms with E-state index in [4.69, 9.17) is 0 Å². The average Bonchev–Trinajstić information content (AvgIpc) is 2.61. The van der Waals surface area contributed by atoms with E-state index >= 15 is 0 Å². The van der Waals surface area contributed by atoms with E-state index in [-0.39, 0.29) is 5.03 Å². The zero-order valence-electron chi connectivity index (χ0n) is 9.22. The minimum Gasteiger partial charge on any atom is -0.250 e. The summed E-state index contributed by atoms with van der Waals surface area (Å²) in [6.45, 7) is 1.83. The highest BCUT2D eigenvalue weighted by Crippen LogP contribution is 2.18. The standard InChI is InChI=1S/C9H12N4O2S/c1-6-4-8(16(14,15)10-2)12-9-7(6)5-11-13(9)3/h4-5,10H,1-3H3. The van der Waals surface area contributed by atoms with Crippen LogP contribution in [-0.4, -0.2) is 30.2 Å². The lowest BCUT2D eigenvalue weighted by Gasteiger charge is -2.04. The summed E-state index contributed by atoms with van der Waals surface area (Å²) in [4.78, 5) is 4.09. The lowest BCUT2D eigenvalue weighted by atomic mass is 10.2. The lowest BCUT2D eigenvalue weighted by Crippen LogP contribution is -2.20. The number of sulfonamides is 1. The van der Waals surface area contributed by atoms with E-state index in [0.29, 0.717) is 5.65 Å². The quantitative estimate of drug-likeness (QED) is 0.812. The number of aromatic nitrogens is 3. The van der Waals surface area contributed by atoms with E-state index in [2.05, 4.69) is 14.8 Å². The van der Waals surface area contributed by atoms with Crippen LogP contribution in [-0.2, 0) is 17.1 Å². The van der Waals surface area contributed by atoms with Crippen LogP contribution < -0.4 is 4.72 Å². The van der Waals surface area contributed by atoms with Crippen LogP contribution in [0.2, 0.25) is 0 Å². The van der Waals surface area contributed by atoms with Crippen LogP contribution in [0.5, 0.6) is 0 Å². The Morgan fingerprint density at radius 2 is 2.12 bits per heavy atom. The molecule has 6 nitrogen and oxygen atoms in total. The van der Waals surface area contributed by atoms with E-state index in [9.17, 15) is 8.42 Å². The van der Waals surface area contributed by atoms with E-state index in [1.807, 2.05) is 6.92 Å². The van der Waals surface area contributed by atoms with Crippen molar-refractivity contribution in [2.45, 2.75) is 11.9 Å². The Labute approximate surface area is 93.3 Å². The van der Waals surface area contributed by atoms with E-state index in [0.717, 1.165) is 10.9 Å². The van der Waals surface area contributed by atoms with E-state index in [1.165, 1.54) is 13.1 Å². The molecule has 0 saturated carbocycles. The normalized spacial score (nSPS) is 12.2. The van der Waals surface area contributed by atoms with Crippen molar-refractivity contribution in [2.24, 2.45) is 7.05 Å². The van der Waals surface area contributed by atoms with Crippen LogP contribution in [0.1, 0.15) is 5.56 Å². The van der Waals surface area contributed by atoms with E-state index < -0.39 is 10.0 Å². The van der Waals surface area contributed by atoms with Gasteiger partial charge in [0.15, 0.2) is 10.7 Å². The summed E-state index contributed by atoms with van der Waals surface area (Å²) < 4.78 is 27.0. The van der Waals surface area contributed by atoms with Crippen molar-refractivity contribution < 1.29 is 8.42 Å². The lowest BCUT2D eigenvalue weighted by molar-refractivity contribution is 0.584. The van der Waals surface area contributed by atoms with Gasteiger partial charge in [-0.05, 0) is 25.6 Å². The van der Waals surface area contributed by atoms with Gasteiger partial charge < -0.3 is 0 Å². The Kier molecular flexibility index (Phi) is 2.43. The third-order valence-corrected chi connectivity index (χ3v) is 3.73. The maximum atomic E-state index is 11.6. The third kappa shape index (κ3) is 1.57. The van der Waals surface area contributed by atoms with Gasteiger partial charge in [-0.1, -0.05) is 0 Å². The average molecular weight is 240 g/mol. The van der Waals surface area contributed by atoms with Crippen molar-refractivity contribution in [1.29, 1.82) is 0 Å². The Balaban J connectivity index is 2.80. The molecule has 1 N–H and O–H groups in total. The fraction of sp³-hybridized carbons (Fsp3) is 0.333. The zero-order valence-corrected chi connectivity index (χ0v) is 10.0. The molecule has 16 heavy (non-hydrogen) atoms. The topological polar surface area (TPSA) is 76.9 Å². The molecule has 0 aliphatic heterocycles. The molecule has 0 amide bonds. The highest BCUT2D eigenvalue weighted by molar-refractivity contribution is 7.89. The molecule has 0 aliphatic carbocycles. The molecular formula is C9H12N4O2S. The van der Waals surface area contributed by atoms with Crippen LogP contribution in [0.25, 0.3) is 11.0 Å². The monoisotopic (exact) mass is 240 g/mol. The number of rotatable bonds is 2. The molecule has 0 spiro atoms. The van der Waals surface area contributed by atoms with Gasteiger partial charge in [0.2, 0.25) is 0 Å². The van der Waals surface area contributed by atoms with Gasteiger partial charge in [0.1, 0.15) is 0 Å². The Hall–Kier alpha value is -1.47. The second-order valence-corrected chi connectivity index (χ2v) is 5.32. The number of aryl methyl sites for hydroxylation is 2. The minimum atomic E-state index is -3.51. The van der Waals surface area contributed by atoms with Gasteiger partial charge in [0.25, 0.3) is 10.0 Å². The molecule has 0 aliphatic rings. The second kappa shape index (κ2) is 3.53. The Morgan fingerprint density at radius 3 is 2.75 bits per heavy atom. The molecule has 86 valence electrons. The van der Waals surface area contributed by atoms with Gasteiger partial charge in [0.05, 0.1) is 6.20 Å². The molecule has 2 heterocycles. The van der Waals surface area contributed by atoms with Crippen molar-refractivity contribution in [1.82, 2.24) is 19.5 Å². The second-order valence-electron chi connectivity index (χ2n) is 3.49. The maximum Gasteiger partial charge on any atom is 0.257 e. The predicted molar refractivity (Wildman–Crippen MR) is 59.5 cm³/mol. The summed E-state index contributed by atoms with van der Waals surface area (Å²) in [5.74, 6) is 0. The van der Waals surface area contributed by atoms with Crippen LogP contribution in [0.3, 0.4) is 0 Å². The molecule has 0 bridgehead atoms. The molecule has 7 heteroatoms. The van der Waals surface area contributed by atoms with Gasteiger partial charge in [-0.15, -0.1) is 0 Å². The molecule has 0 unspecified atom stereocenters. The zero-order chi connectivity index (χ0) is 11.9. The van der Waals surface area contributed by atoms with Crippen LogP contribution >= 0.6 is 0 Å². The molecule has 0 saturated heterocycles. The largest absolute Gasteiger partial charge is 0.257 e. The van der Waals surface area contributed by atoms with Gasteiger partial charge in [-0.25, -0.2) is 18.1 Å². The van der Waals surface area contributed by atoms with Gasteiger partial charge in [-0.2, -0.15) is 5.10 Å². The summed E-state index contributed by atoms with van der Waals surface area (Å²) >= 11 is 0. The first-order chi connectivity index (χ1) is 7.45. The molecule has 0 fully saturated rings. The van der Waals surface area contributed by atoms with Crippen molar-refractivity contribution >= 4 is 21.1 Å². The first kappa shape index (κ1) is 11.0. The smallest absolute Gasteiger partial charge is 0.250 e. The fourth-order valence-corrected chi connectivity index (χ4v) is 2.23. The van der Waals surface area contributed by atoms with Crippen LogP contribution in [0.4, 0.5) is 0 Å². The number of pyridine rings is 1. The van der Waals surface area contributed by atoms with Crippen LogP contribution in [0.15, 0.2) is 17.3 Å². The summed E-state index contributed by atoms with van der Waals surface area (Å²) in [6, 6.07) is 1.54. The molecule has 2 rings (SSSR count). The van der Waals surface area contributed by atoms with Gasteiger partial charge in [-0.3, -0.25) is 4.68 Å². The molecule has 0 atom stereocenters. The summed E-state index contributed by atoms with van der Waals surface area (Å²) in [5.41, 5.74) is 1.40. The number of nitrogens with one attached hydrogen (secondary N) is 1. The Morgan fingerprint density at radius 1 is 1.44 bits per heavy atom. The fourth-order valence-electron chi connectivity index (χ4n) is 1.48. The molecule has 0 aromatic carbocycles. The summed E-state index contributed by atoms with van der Waals surface area (Å²) in [6.07, 6.45) is 1.67. The molecule has 2 aromatic rings. The molecular weight excluding hydrogens is 228 g/mol. The van der Waals surface area contributed by atoms with Crippen molar-refractivity contribution in [3.05, 3.63) is 17.8 Å². The first-order valence-corrected chi connectivity index (χ1v) is 6.17. The van der Waals surface area contributed by atoms with E-state index in [1.54, 1.807) is 17.9 Å². The summed E-state index contributed by atoms with van der Waals surface area (Å²) in [5, 5.41) is 4.92. The SMILES string of the molecule is CNS(=O)(=O)c1cc(C)c2cnn(C)c2n1. The van der Waals surface area contributed by atoms with Crippen molar-refractivity contribution in [3.8, 4) is 0 Å². The van der Waals surface area contributed by atoms with Crippen LogP contribution in [0, 0.1) is 6.92 Å². The Bertz CT molecular complexity index is 645. The third-order valence-electron chi connectivity index (χ3n) is 2.43. The molecule has 2 aromatic heterocycles. The van der Waals surface area contributed by atoms with Crippen molar-refractivity contribution in [2.75, 3.05) is 7.05 Å². The number of nitrogens with zero attached hydrogens (tertiary/aromatic N) is 3. The number of hydrogen-bond acceptors (Lipinski definition) is 4. The number of fused-ring (bicyclic) bond motifs is 1. The highest BCUT2D eigenvalue weighted by atomic mass is 32.2. The number of hydrogen-bond donors (Lipinski definition) is 1. The highest BCUT2D eigenvalue weighted by Gasteiger charge is 2.16. The first-order valence-electron chi connectivity index (χ1n) is 4.68. The van der Waals surface area contributed by atoms with Gasteiger partial charge >= 0.3 is 0 Å².